The molecule has 0 bridgehead atoms. The van der Waals surface area contributed by atoms with Gasteiger partial charge in [0, 0.05) is 10.5 Å². The maximum Gasteiger partial charge on any atom is 0.416 e. The second kappa shape index (κ2) is 10.1. The molecule has 1 atom stereocenters. The molecule has 0 aromatic heterocycles. The zero-order valence-corrected chi connectivity index (χ0v) is 19.5. The molecular formula is C23H15Cl2F6NOS. The molecule has 0 aliphatic rings. The molecule has 34 heavy (non-hydrogen) atoms. The smallest absolute Gasteiger partial charge is 0.341 e. The number of benzene rings is 3. The molecular weight excluding hydrogens is 523 g/mol. The van der Waals surface area contributed by atoms with Gasteiger partial charge in [-0.05, 0) is 53.8 Å². The highest BCUT2D eigenvalue weighted by molar-refractivity contribution is 7.98. The van der Waals surface area contributed by atoms with E-state index < -0.39 is 41.0 Å². The van der Waals surface area contributed by atoms with Crippen LogP contribution in [0.2, 0.25) is 10.0 Å². The Balaban J connectivity index is 2.09. The van der Waals surface area contributed by atoms with Crippen molar-refractivity contribution in [3.63, 3.8) is 0 Å². The largest absolute Gasteiger partial charge is 0.416 e. The molecule has 0 saturated heterocycles. The minimum Gasteiger partial charge on any atom is -0.341 e. The van der Waals surface area contributed by atoms with Crippen molar-refractivity contribution in [2.75, 3.05) is 6.26 Å². The minimum absolute atomic E-state index is 0.0385. The van der Waals surface area contributed by atoms with Crippen molar-refractivity contribution in [2.45, 2.75) is 23.3 Å². The molecule has 0 radical (unpaired) electrons. The van der Waals surface area contributed by atoms with Gasteiger partial charge in [0.1, 0.15) is 0 Å². The molecule has 3 aromatic rings. The van der Waals surface area contributed by atoms with Crippen LogP contribution in [0.4, 0.5) is 26.3 Å². The molecule has 11 heteroatoms. The molecule has 3 rings (SSSR count). The summed E-state index contributed by atoms with van der Waals surface area (Å²) >= 11 is 13.9. The standard InChI is InChI=1S/C23H15Cl2F6NOS/c1-34-16-7-5-12(6-8-16)20(17-3-2-4-18(24)19(17)25)32-21(33)13-9-14(22(26,27)28)11-15(10-13)23(29,30)31/h2-11,20H,1H3,(H,32,33). The maximum atomic E-state index is 13.2. The molecule has 0 fully saturated rings. The highest BCUT2D eigenvalue weighted by Crippen LogP contribution is 2.37. The van der Waals surface area contributed by atoms with Crippen molar-refractivity contribution in [2.24, 2.45) is 0 Å². The first-order valence-electron chi connectivity index (χ1n) is 9.49. The molecule has 0 saturated carbocycles. The first-order chi connectivity index (χ1) is 15.8. The number of hydrogen-bond acceptors (Lipinski definition) is 2. The summed E-state index contributed by atoms with van der Waals surface area (Å²) in [5.74, 6) is -1.15. The first kappa shape index (κ1) is 26.2. The van der Waals surface area contributed by atoms with Gasteiger partial charge >= 0.3 is 12.4 Å². The second-order valence-electron chi connectivity index (χ2n) is 7.12. The third-order valence-electron chi connectivity index (χ3n) is 4.87. The SMILES string of the molecule is CSc1ccc(C(NC(=O)c2cc(C(F)(F)F)cc(C(F)(F)F)c2)c2cccc(Cl)c2Cl)cc1. The quantitative estimate of drug-likeness (QED) is 0.262. The minimum atomic E-state index is -5.08. The van der Waals surface area contributed by atoms with Crippen LogP contribution in [0.25, 0.3) is 0 Å². The Morgan fingerprint density at radius 2 is 1.44 bits per heavy atom. The van der Waals surface area contributed by atoms with Crippen LogP contribution in [0.15, 0.2) is 65.6 Å². The molecule has 0 aliphatic carbocycles. The summed E-state index contributed by atoms with van der Waals surface area (Å²) in [5.41, 5.74) is -3.16. The molecule has 0 spiro atoms. The molecule has 2 nitrogen and oxygen atoms in total. The van der Waals surface area contributed by atoms with Crippen molar-refractivity contribution >= 4 is 40.9 Å². The van der Waals surface area contributed by atoms with Crippen LogP contribution in [0.5, 0.6) is 0 Å². The summed E-state index contributed by atoms with van der Waals surface area (Å²) in [6.07, 6.45) is -8.31. The molecule has 180 valence electrons. The second-order valence-corrected chi connectivity index (χ2v) is 8.78. The molecule has 1 N–H and O–H groups in total. The van der Waals surface area contributed by atoms with Gasteiger partial charge in [0.15, 0.2) is 0 Å². The zero-order valence-electron chi connectivity index (χ0n) is 17.2. The average molecular weight is 538 g/mol. The monoisotopic (exact) mass is 537 g/mol. The Labute approximate surface area is 205 Å². The van der Waals surface area contributed by atoms with Crippen molar-refractivity contribution < 1.29 is 31.1 Å². The Morgan fingerprint density at radius 1 is 0.882 bits per heavy atom. The van der Waals surface area contributed by atoms with Gasteiger partial charge in [0.2, 0.25) is 0 Å². The number of alkyl halides is 6. The highest BCUT2D eigenvalue weighted by Gasteiger charge is 2.37. The van der Waals surface area contributed by atoms with Crippen molar-refractivity contribution in [3.8, 4) is 0 Å². The predicted octanol–water partition coefficient (Wildman–Crippen LogP) is 8.27. The lowest BCUT2D eigenvalue weighted by Gasteiger charge is -2.22. The molecule has 0 aliphatic heterocycles. The summed E-state index contributed by atoms with van der Waals surface area (Å²) in [7, 11) is 0. The van der Waals surface area contributed by atoms with Gasteiger partial charge in [-0.1, -0.05) is 47.5 Å². The van der Waals surface area contributed by atoms with E-state index in [1.807, 2.05) is 6.26 Å². The number of amides is 1. The van der Waals surface area contributed by atoms with Crippen molar-refractivity contribution in [3.05, 3.63) is 98.5 Å². The normalized spacial score (nSPS) is 13.0. The van der Waals surface area contributed by atoms with Gasteiger partial charge in [-0.3, -0.25) is 4.79 Å². The van der Waals surface area contributed by atoms with Crippen LogP contribution in [0.3, 0.4) is 0 Å². The van der Waals surface area contributed by atoms with Gasteiger partial charge in [-0.15, -0.1) is 11.8 Å². The number of thioether (sulfide) groups is 1. The van der Waals surface area contributed by atoms with Crippen LogP contribution in [-0.4, -0.2) is 12.2 Å². The van der Waals surface area contributed by atoms with E-state index in [2.05, 4.69) is 5.32 Å². The van der Waals surface area contributed by atoms with Crippen molar-refractivity contribution in [1.82, 2.24) is 5.32 Å². The van der Waals surface area contributed by atoms with Gasteiger partial charge < -0.3 is 5.32 Å². The van der Waals surface area contributed by atoms with E-state index in [0.717, 1.165) is 4.90 Å². The van der Waals surface area contributed by atoms with E-state index in [-0.39, 0.29) is 16.1 Å². The number of halogens is 8. The topological polar surface area (TPSA) is 29.1 Å². The van der Waals surface area contributed by atoms with Gasteiger partial charge in [0.05, 0.1) is 27.2 Å². The Hall–Kier alpha value is -2.36. The lowest BCUT2D eigenvalue weighted by atomic mass is 9.97. The Morgan fingerprint density at radius 3 is 1.94 bits per heavy atom. The molecule has 0 heterocycles. The zero-order chi connectivity index (χ0) is 25.3. The number of carbonyl (C=O) groups is 1. The first-order valence-corrected chi connectivity index (χ1v) is 11.5. The fraction of sp³-hybridized carbons (Fsp3) is 0.174. The van der Waals surface area contributed by atoms with Gasteiger partial charge in [-0.2, -0.15) is 26.3 Å². The highest BCUT2D eigenvalue weighted by atomic mass is 35.5. The predicted molar refractivity (Wildman–Crippen MR) is 120 cm³/mol. The molecule has 1 amide bonds. The lowest BCUT2D eigenvalue weighted by molar-refractivity contribution is -0.143. The maximum absolute atomic E-state index is 13.2. The molecule has 3 aromatic carbocycles. The summed E-state index contributed by atoms with van der Waals surface area (Å²) in [4.78, 5) is 13.9. The fourth-order valence-corrected chi connectivity index (χ4v) is 4.01. The van der Waals surface area contributed by atoms with Crippen LogP contribution in [0.1, 0.15) is 38.7 Å². The van der Waals surface area contributed by atoms with Crippen molar-refractivity contribution in [1.29, 1.82) is 0 Å². The van der Waals surface area contributed by atoms with Gasteiger partial charge in [-0.25, -0.2) is 0 Å². The average Bonchev–Trinajstić information content (AvgIpc) is 2.78. The summed E-state index contributed by atoms with van der Waals surface area (Å²) in [5, 5.41) is 2.76. The Kier molecular flexibility index (Phi) is 7.79. The Bertz CT molecular complexity index is 1160. The van der Waals surface area contributed by atoms with E-state index in [1.165, 1.54) is 17.8 Å². The summed E-state index contributed by atoms with van der Waals surface area (Å²) in [6.45, 7) is 0. The fourth-order valence-electron chi connectivity index (χ4n) is 3.18. The third-order valence-corrected chi connectivity index (χ3v) is 6.44. The third kappa shape index (κ3) is 6.00. The van der Waals surface area contributed by atoms with E-state index in [9.17, 15) is 31.1 Å². The van der Waals surface area contributed by atoms with Gasteiger partial charge in [0.25, 0.3) is 5.91 Å². The summed E-state index contributed by atoms with van der Waals surface area (Å²) in [6, 6.07) is 11.2. The van der Waals surface area contributed by atoms with Crippen LogP contribution >= 0.6 is 35.0 Å². The number of carbonyl (C=O) groups excluding carboxylic acids is 1. The van der Waals surface area contributed by atoms with E-state index >= 15 is 0 Å². The number of nitrogens with one attached hydrogen (secondary N) is 1. The molecule has 1 unspecified atom stereocenters. The summed E-state index contributed by atoms with van der Waals surface area (Å²) < 4.78 is 79.4. The van der Waals surface area contributed by atoms with E-state index in [4.69, 9.17) is 23.2 Å². The lowest BCUT2D eigenvalue weighted by Crippen LogP contribution is -2.30. The van der Waals surface area contributed by atoms with E-state index in [1.54, 1.807) is 36.4 Å². The number of rotatable bonds is 5. The van der Waals surface area contributed by atoms with Crippen LogP contribution < -0.4 is 5.32 Å². The van der Waals surface area contributed by atoms with Crippen LogP contribution in [-0.2, 0) is 12.4 Å². The van der Waals surface area contributed by atoms with Crippen LogP contribution in [0, 0.1) is 0 Å². The van der Waals surface area contributed by atoms with E-state index in [0.29, 0.717) is 23.3 Å². The number of hydrogen-bond donors (Lipinski definition) is 1.